The molecular weight excluding hydrogens is 270 g/mol. The van der Waals surface area contributed by atoms with E-state index in [0.29, 0.717) is 11.6 Å². The largest absolute Gasteiger partial charge is 0.494 e. The van der Waals surface area contributed by atoms with Gasteiger partial charge in [-0.3, -0.25) is 0 Å². The molecule has 2 N–H and O–H groups in total. The molecule has 0 amide bonds. The second-order valence-electron chi connectivity index (χ2n) is 5.28. The van der Waals surface area contributed by atoms with E-state index >= 15 is 0 Å². The Morgan fingerprint density at radius 2 is 1.65 bits per heavy atom. The van der Waals surface area contributed by atoms with Crippen LogP contribution in [-0.4, -0.2) is 6.61 Å². The van der Waals surface area contributed by atoms with Gasteiger partial charge in [-0.25, -0.2) is 0 Å². The van der Waals surface area contributed by atoms with Gasteiger partial charge >= 0.3 is 0 Å². The number of halogens is 1. The van der Waals surface area contributed by atoms with Gasteiger partial charge in [-0.1, -0.05) is 69.5 Å². The lowest BCUT2D eigenvalue weighted by molar-refractivity contribution is 0.304. The SMILES string of the molecule is CCCCCCCCCCOc1ccc(CN)c(Cl)c1. The molecule has 0 aliphatic rings. The van der Waals surface area contributed by atoms with Crippen LogP contribution in [0.2, 0.25) is 5.02 Å². The van der Waals surface area contributed by atoms with Gasteiger partial charge in [-0.05, 0) is 24.1 Å². The number of ether oxygens (including phenoxy) is 1. The van der Waals surface area contributed by atoms with E-state index in [1.54, 1.807) is 0 Å². The fourth-order valence-corrected chi connectivity index (χ4v) is 2.46. The van der Waals surface area contributed by atoms with Crippen LogP contribution in [0.15, 0.2) is 18.2 Å². The van der Waals surface area contributed by atoms with E-state index in [0.717, 1.165) is 24.3 Å². The third kappa shape index (κ3) is 7.16. The van der Waals surface area contributed by atoms with E-state index in [1.165, 1.54) is 44.9 Å². The Balaban J connectivity index is 2.05. The van der Waals surface area contributed by atoms with Crippen molar-refractivity contribution in [2.45, 2.75) is 64.8 Å². The molecule has 0 radical (unpaired) electrons. The van der Waals surface area contributed by atoms with Gasteiger partial charge in [0.05, 0.1) is 6.61 Å². The topological polar surface area (TPSA) is 35.2 Å². The van der Waals surface area contributed by atoms with E-state index in [2.05, 4.69) is 6.92 Å². The third-order valence-electron chi connectivity index (χ3n) is 3.51. The van der Waals surface area contributed by atoms with E-state index in [4.69, 9.17) is 22.1 Å². The third-order valence-corrected chi connectivity index (χ3v) is 3.86. The lowest BCUT2D eigenvalue weighted by atomic mass is 10.1. The number of rotatable bonds is 11. The van der Waals surface area contributed by atoms with Crippen LogP contribution in [0.1, 0.15) is 63.9 Å². The minimum atomic E-state index is 0.469. The van der Waals surface area contributed by atoms with Crippen LogP contribution in [-0.2, 0) is 6.54 Å². The van der Waals surface area contributed by atoms with Gasteiger partial charge in [0.1, 0.15) is 5.75 Å². The summed E-state index contributed by atoms with van der Waals surface area (Å²) < 4.78 is 5.71. The molecule has 0 saturated carbocycles. The molecule has 0 aliphatic carbocycles. The predicted octanol–water partition coefficient (Wildman–Crippen LogP) is 5.32. The van der Waals surface area contributed by atoms with Gasteiger partial charge in [0.2, 0.25) is 0 Å². The maximum absolute atomic E-state index is 6.09. The molecule has 0 fully saturated rings. The van der Waals surface area contributed by atoms with Gasteiger partial charge in [-0.2, -0.15) is 0 Å². The molecule has 0 spiro atoms. The fourth-order valence-electron chi connectivity index (χ4n) is 2.21. The van der Waals surface area contributed by atoms with Crippen LogP contribution in [0.4, 0.5) is 0 Å². The van der Waals surface area contributed by atoms with Crippen LogP contribution in [0, 0.1) is 0 Å². The van der Waals surface area contributed by atoms with Crippen LogP contribution in [0.5, 0.6) is 5.75 Å². The average Bonchev–Trinajstić information content (AvgIpc) is 2.46. The zero-order chi connectivity index (χ0) is 14.6. The van der Waals surface area contributed by atoms with Crippen LogP contribution in [0.25, 0.3) is 0 Å². The fraction of sp³-hybridized carbons (Fsp3) is 0.647. The number of unbranched alkanes of at least 4 members (excludes halogenated alkanes) is 7. The molecule has 0 saturated heterocycles. The second-order valence-corrected chi connectivity index (χ2v) is 5.69. The van der Waals surface area contributed by atoms with Crippen molar-refractivity contribution in [3.8, 4) is 5.75 Å². The molecule has 20 heavy (non-hydrogen) atoms. The highest BCUT2D eigenvalue weighted by atomic mass is 35.5. The van der Waals surface area contributed by atoms with Crippen molar-refractivity contribution in [1.29, 1.82) is 0 Å². The monoisotopic (exact) mass is 297 g/mol. The molecule has 3 heteroatoms. The smallest absolute Gasteiger partial charge is 0.120 e. The molecule has 0 heterocycles. The van der Waals surface area contributed by atoms with Crippen molar-refractivity contribution in [3.63, 3.8) is 0 Å². The lowest BCUT2D eigenvalue weighted by Crippen LogP contribution is -2.00. The molecule has 0 bridgehead atoms. The first-order chi connectivity index (χ1) is 9.77. The summed E-state index contributed by atoms with van der Waals surface area (Å²) in [5.41, 5.74) is 6.54. The van der Waals surface area contributed by atoms with Gasteiger partial charge in [0, 0.05) is 11.6 Å². The minimum Gasteiger partial charge on any atom is -0.494 e. The summed E-state index contributed by atoms with van der Waals surface area (Å²) in [6, 6.07) is 5.73. The highest BCUT2D eigenvalue weighted by Crippen LogP contribution is 2.22. The standard InChI is InChI=1S/C17H28ClNO/c1-2-3-4-5-6-7-8-9-12-20-16-11-10-15(14-19)17(18)13-16/h10-11,13H,2-9,12,14,19H2,1H3. The summed E-state index contributed by atoms with van der Waals surface area (Å²) >= 11 is 6.09. The normalized spacial score (nSPS) is 10.8. The number of nitrogens with two attached hydrogens (primary N) is 1. The summed E-state index contributed by atoms with van der Waals surface area (Å²) in [5.74, 6) is 0.843. The zero-order valence-electron chi connectivity index (χ0n) is 12.7. The minimum absolute atomic E-state index is 0.469. The molecule has 2 nitrogen and oxygen atoms in total. The Morgan fingerprint density at radius 1 is 1.00 bits per heavy atom. The second kappa shape index (κ2) is 11.0. The summed E-state index contributed by atoms with van der Waals surface area (Å²) in [7, 11) is 0. The molecule has 0 aliphatic heterocycles. The van der Waals surface area contributed by atoms with Gasteiger partial charge in [-0.15, -0.1) is 0 Å². The van der Waals surface area contributed by atoms with Crippen LogP contribution in [0.3, 0.4) is 0 Å². The molecule has 1 rings (SSSR count). The summed E-state index contributed by atoms with van der Waals surface area (Å²) in [6.45, 7) is 3.49. The summed E-state index contributed by atoms with van der Waals surface area (Å²) in [5, 5.41) is 0.695. The van der Waals surface area contributed by atoms with Gasteiger partial charge < -0.3 is 10.5 Å². The molecule has 114 valence electrons. The Morgan fingerprint density at radius 3 is 2.25 bits per heavy atom. The Bertz CT molecular complexity index is 368. The Hall–Kier alpha value is -0.730. The quantitative estimate of drug-likeness (QED) is 0.561. The van der Waals surface area contributed by atoms with Crippen molar-refractivity contribution in [2.75, 3.05) is 6.61 Å². The van der Waals surface area contributed by atoms with Crippen molar-refractivity contribution in [2.24, 2.45) is 5.73 Å². The van der Waals surface area contributed by atoms with Gasteiger partial charge in [0.25, 0.3) is 0 Å². The van der Waals surface area contributed by atoms with Crippen molar-refractivity contribution in [3.05, 3.63) is 28.8 Å². The van der Waals surface area contributed by atoms with E-state index in [-0.39, 0.29) is 0 Å². The maximum atomic E-state index is 6.09. The summed E-state index contributed by atoms with van der Waals surface area (Å²) in [6.07, 6.45) is 10.5. The van der Waals surface area contributed by atoms with Crippen molar-refractivity contribution < 1.29 is 4.74 Å². The highest BCUT2D eigenvalue weighted by molar-refractivity contribution is 6.31. The number of benzene rings is 1. The first-order valence-electron chi connectivity index (χ1n) is 7.89. The molecule has 0 aromatic heterocycles. The average molecular weight is 298 g/mol. The highest BCUT2D eigenvalue weighted by Gasteiger charge is 2.01. The summed E-state index contributed by atoms with van der Waals surface area (Å²) in [4.78, 5) is 0. The molecule has 0 unspecified atom stereocenters. The van der Waals surface area contributed by atoms with E-state index in [9.17, 15) is 0 Å². The first kappa shape index (κ1) is 17.3. The number of hydrogen-bond acceptors (Lipinski definition) is 2. The Labute approximate surface area is 128 Å². The maximum Gasteiger partial charge on any atom is 0.120 e. The predicted molar refractivity (Wildman–Crippen MR) is 87.4 cm³/mol. The number of hydrogen-bond donors (Lipinski definition) is 1. The first-order valence-corrected chi connectivity index (χ1v) is 8.27. The van der Waals surface area contributed by atoms with E-state index < -0.39 is 0 Å². The molecule has 1 aromatic rings. The van der Waals surface area contributed by atoms with Gasteiger partial charge in [0.15, 0.2) is 0 Å². The molecule has 1 aromatic carbocycles. The Kier molecular flexibility index (Phi) is 9.52. The lowest BCUT2D eigenvalue weighted by Gasteiger charge is -2.08. The molecular formula is C17H28ClNO. The van der Waals surface area contributed by atoms with Crippen molar-refractivity contribution in [1.82, 2.24) is 0 Å². The van der Waals surface area contributed by atoms with Crippen molar-refractivity contribution >= 4 is 11.6 Å². The van der Waals surface area contributed by atoms with Crippen LogP contribution < -0.4 is 10.5 Å². The zero-order valence-corrected chi connectivity index (χ0v) is 13.4. The van der Waals surface area contributed by atoms with E-state index in [1.807, 2.05) is 18.2 Å². The molecule has 0 atom stereocenters. The van der Waals surface area contributed by atoms with Crippen LogP contribution >= 0.6 is 11.6 Å².